The fourth-order valence-electron chi connectivity index (χ4n) is 2.84. The van der Waals surface area contributed by atoms with Crippen molar-refractivity contribution in [3.05, 3.63) is 47.2 Å². The highest BCUT2D eigenvalue weighted by molar-refractivity contribution is 5.95. The summed E-state index contributed by atoms with van der Waals surface area (Å²) in [5.41, 5.74) is 3.11. The summed E-state index contributed by atoms with van der Waals surface area (Å²) in [7, 11) is 0. The van der Waals surface area contributed by atoms with Crippen LogP contribution in [0.25, 0.3) is 0 Å². The molecule has 5 nitrogen and oxygen atoms in total. The number of amides is 1. The smallest absolute Gasteiger partial charge is 0.227 e. The van der Waals surface area contributed by atoms with E-state index >= 15 is 0 Å². The molecule has 1 amide bonds. The van der Waals surface area contributed by atoms with E-state index in [4.69, 9.17) is 4.42 Å². The molecule has 1 fully saturated rings. The number of nitrogens with zero attached hydrogens (tertiary/aromatic N) is 2. The molecule has 1 aliphatic rings. The first-order valence-corrected chi connectivity index (χ1v) is 8.11. The second kappa shape index (κ2) is 6.54. The van der Waals surface area contributed by atoms with E-state index in [0.29, 0.717) is 18.9 Å². The van der Waals surface area contributed by atoms with Gasteiger partial charge in [-0.15, -0.1) is 0 Å². The second-order valence-electron chi connectivity index (χ2n) is 6.09. The number of hydrogen-bond acceptors (Lipinski definition) is 4. The molecule has 1 aromatic carbocycles. The summed E-state index contributed by atoms with van der Waals surface area (Å²) < 4.78 is 5.58. The quantitative estimate of drug-likeness (QED) is 0.920. The summed E-state index contributed by atoms with van der Waals surface area (Å²) >= 11 is 0. The molecule has 5 heteroatoms. The van der Waals surface area contributed by atoms with Gasteiger partial charge in [0.15, 0.2) is 0 Å². The Bertz CT molecular complexity index is 671. The van der Waals surface area contributed by atoms with Crippen molar-refractivity contribution >= 4 is 11.6 Å². The first-order chi connectivity index (χ1) is 11.0. The number of benzene rings is 1. The van der Waals surface area contributed by atoms with Crippen LogP contribution in [0.15, 0.2) is 28.7 Å². The molecule has 1 aliphatic heterocycles. The van der Waals surface area contributed by atoms with Crippen molar-refractivity contribution in [1.82, 2.24) is 10.3 Å². The van der Waals surface area contributed by atoms with Gasteiger partial charge in [0, 0.05) is 24.7 Å². The SMILES string of the molecule is Cc1nc(CN[C@@H](C)c2ccc(N3CCCC3=O)cc2)oc1C. The van der Waals surface area contributed by atoms with Crippen molar-refractivity contribution in [2.75, 3.05) is 11.4 Å². The van der Waals surface area contributed by atoms with Crippen LogP contribution in [0.4, 0.5) is 5.69 Å². The molecule has 1 N–H and O–H groups in total. The van der Waals surface area contributed by atoms with Gasteiger partial charge in [0.25, 0.3) is 0 Å². The summed E-state index contributed by atoms with van der Waals surface area (Å²) in [6.07, 6.45) is 1.61. The minimum Gasteiger partial charge on any atom is -0.444 e. The topological polar surface area (TPSA) is 58.4 Å². The Balaban J connectivity index is 1.61. The van der Waals surface area contributed by atoms with E-state index in [2.05, 4.69) is 29.4 Å². The van der Waals surface area contributed by atoms with E-state index in [0.717, 1.165) is 30.1 Å². The van der Waals surface area contributed by atoms with Gasteiger partial charge in [-0.3, -0.25) is 4.79 Å². The van der Waals surface area contributed by atoms with Gasteiger partial charge in [-0.25, -0.2) is 4.98 Å². The molecular weight excluding hydrogens is 290 g/mol. The summed E-state index contributed by atoms with van der Waals surface area (Å²) in [5, 5.41) is 3.42. The number of nitrogens with one attached hydrogen (secondary N) is 1. The van der Waals surface area contributed by atoms with Crippen LogP contribution in [0.2, 0.25) is 0 Å². The highest BCUT2D eigenvalue weighted by Gasteiger charge is 2.21. The molecule has 23 heavy (non-hydrogen) atoms. The maximum absolute atomic E-state index is 11.8. The average molecular weight is 313 g/mol. The van der Waals surface area contributed by atoms with Crippen molar-refractivity contribution in [1.29, 1.82) is 0 Å². The molecule has 0 aliphatic carbocycles. The van der Waals surface area contributed by atoms with Gasteiger partial charge >= 0.3 is 0 Å². The molecule has 3 rings (SSSR count). The Hall–Kier alpha value is -2.14. The molecule has 0 bridgehead atoms. The van der Waals surface area contributed by atoms with E-state index < -0.39 is 0 Å². The van der Waals surface area contributed by atoms with E-state index in [1.54, 1.807) is 0 Å². The number of aromatic nitrogens is 1. The number of aryl methyl sites for hydroxylation is 2. The fourth-order valence-corrected chi connectivity index (χ4v) is 2.84. The Morgan fingerprint density at radius 1 is 1.30 bits per heavy atom. The Kier molecular flexibility index (Phi) is 4.48. The van der Waals surface area contributed by atoms with Crippen LogP contribution in [-0.2, 0) is 11.3 Å². The van der Waals surface area contributed by atoms with Crippen LogP contribution in [0.3, 0.4) is 0 Å². The molecule has 1 atom stereocenters. The third-order valence-corrected chi connectivity index (χ3v) is 4.41. The summed E-state index contributed by atoms with van der Waals surface area (Å²) in [6, 6.07) is 8.38. The summed E-state index contributed by atoms with van der Waals surface area (Å²) in [6.45, 7) is 7.41. The highest BCUT2D eigenvalue weighted by Crippen LogP contribution is 2.23. The third-order valence-electron chi connectivity index (χ3n) is 4.41. The minimum atomic E-state index is 0.186. The normalized spacial score (nSPS) is 16.1. The van der Waals surface area contributed by atoms with Crippen molar-refractivity contribution in [3.8, 4) is 0 Å². The Labute approximate surface area is 136 Å². The van der Waals surface area contributed by atoms with Gasteiger partial charge in [-0.05, 0) is 44.9 Å². The fraction of sp³-hybridized carbons (Fsp3) is 0.444. The van der Waals surface area contributed by atoms with Crippen molar-refractivity contribution in [2.24, 2.45) is 0 Å². The van der Waals surface area contributed by atoms with Crippen molar-refractivity contribution < 1.29 is 9.21 Å². The van der Waals surface area contributed by atoms with Crippen LogP contribution >= 0.6 is 0 Å². The predicted molar refractivity (Wildman–Crippen MR) is 89.3 cm³/mol. The first kappa shape index (κ1) is 15.7. The summed E-state index contributed by atoms with van der Waals surface area (Å²) in [5.74, 6) is 1.80. The van der Waals surface area contributed by atoms with Crippen LogP contribution in [0.5, 0.6) is 0 Å². The number of oxazole rings is 1. The van der Waals surface area contributed by atoms with Crippen LogP contribution < -0.4 is 10.2 Å². The second-order valence-corrected chi connectivity index (χ2v) is 6.09. The standard InChI is InChI=1S/C18H23N3O2/c1-12-14(3)23-17(20-12)11-19-13(2)15-6-8-16(9-7-15)21-10-4-5-18(21)22/h6-9,13,19H,4-5,10-11H2,1-3H3/t13-/m0/s1. The lowest BCUT2D eigenvalue weighted by atomic mass is 10.1. The highest BCUT2D eigenvalue weighted by atomic mass is 16.4. The van der Waals surface area contributed by atoms with Gasteiger partial charge in [0.2, 0.25) is 11.8 Å². The molecule has 1 saturated heterocycles. The lowest BCUT2D eigenvalue weighted by Crippen LogP contribution is -2.23. The zero-order valence-corrected chi connectivity index (χ0v) is 13.9. The molecule has 0 radical (unpaired) electrons. The maximum Gasteiger partial charge on any atom is 0.227 e. The number of carbonyl (C=O) groups excluding carboxylic acids is 1. The number of rotatable bonds is 5. The van der Waals surface area contributed by atoms with Gasteiger partial charge in [-0.1, -0.05) is 12.1 Å². The lowest BCUT2D eigenvalue weighted by molar-refractivity contribution is -0.117. The summed E-state index contributed by atoms with van der Waals surface area (Å²) in [4.78, 5) is 18.0. The maximum atomic E-state index is 11.8. The molecule has 122 valence electrons. The Morgan fingerprint density at radius 3 is 2.61 bits per heavy atom. The van der Waals surface area contributed by atoms with Gasteiger partial charge in [0.05, 0.1) is 12.2 Å². The molecule has 0 unspecified atom stereocenters. The molecule has 1 aromatic heterocycles. The zero-order chi connectivity index (χ0) is 16.4. The minimum absolute atomic E-state index is 0.186. The van der Waals surface area contributed by atoms with Crippen molar-refractivity contribution in [3.63, 3.8) is 0 Å². The van der Waals surface area contributed by atoms with Gasteiger partial charge in [0.1, 0.15) is 5.76 Å². The first-order valence-electron chi connectivity index (χ1n) is 8.11. The Morgan fingerprint density at radius 2 is 2.04 bits per heavy atom. The average Bonchev–Trinajstić information content (AvgIpc) is 3.11. The molecule has 2 aromatic rings. The third kappa shape index (κ3) is 3.45. The number of anilines is 1. The molecule has 0 saturated carbocycles. The number of hydrogen-bond donors (Lipinski definition) is 1. The van der Waals surface area contributed by atoms with E-state index in [9.17, 15) is 4.79 Å². The van der Waals surface area contributed by atoms with E-state index in [1.165, 1.54) is 5.56 Å². The molecule has 0 spiro atoms. The van der Waals surface area contributed by atoms with Crippen molar-refractivity contribution in [2.45, 2.75) is 46.2 Å². The van der Waals surface area contributed by atoms with Gasteiger partial charge < -0.3 is 14.6 Å². The van der Waals surface area contributed by atoms with Gasteiger partial charge in [-0.2, -0.15) is 0 Å². The monoisotopic (exact) mass is 313 g/mol. The van der Waals surface area contributed by atoms with E-state index in [1.807, 2.05) is 30.9 Å². The van der Waals surface area contributed by atoms with E-state index in [-0.39, 0.29) is 11.9 Å². The molecular formula is C18H23N3O2. The molecule has 2 heterocycles. The zero-order valence-electron chi connectivity index (χ0n) is 13.9. The van der Waals surface area contributed by atoms with Crippen LogP contribution in [0.1, 0.15) is 48.7 Å². The predicted octanol–water partition coefficient (Wildman–Crippen LogP) is 3.27. The lowest BCUT2D eigenvalue weighted by Gasteiger charge is -2.18. The van der Waals surface area contributed by atoms with Crippen LogP contribution in [0, 0.1) is 13.8 Å². The van der Waals surface area contributed by atoms with Crippen LogP contribution in [-0.4, -0.2) is 17.4 Å². The largest absolute Gasteiger partial charge is 0.444 e. The number of carbonyl (C=O) groups is 1.